The molecule has 2 saturated carbocycles. The van der Waals surface area contributed by atoms with Gasteiger partial charge in [0.2, 0.25) is 0 Å². The van der Waals surface area contributed by atoms with Crippen LogP contribution in [0, 0.1) is 29.3 Å². The van der Waals surface area contributed by atoms with E-state index < -0.39 is 11.6 Å². The molecule has 0 saturated heterocycles. The number of halogens is 3. The minimum atomic E-state index is -0.622. The van der Waals surface area contributed by atoms with Crippen molar-refractivity contribution in [3.8, 4) is 0 Å². The van der Waals surface area contributed by atoms with Gasteiger partial charge in [0.25, 0.3) is 0 Å². The van der Waals surface area contributed by atoms with E-state index in [0.717, 1.165) is 87.7 Å². The summed E-state index contributed by atoms with van der Waals surface area (Å²) in [6.07, 6.45) is 16.6. The van der Waals surface area contributed by atoms with Crippen molar-refractivity contribution < 1.29 is 13.2 Å². The van der Waals surface area contributed by atoms with E-state index in [0.29, 0.717) is 23.5 Å². The molecule has 0 unspecified atom stereocenters. The number of hydrogen-bond donors (Lipinski definition) is 0. The fraction of sp³-hybridized carbons (Fsp3) is 0.647. The average Bonchev–Trinajstić information content (AvgIpc) is 2.91. The minimum Gasteiger partial charge on any atom is -0.207 e. The van der Waals surface area contributed by atoms with Crippen LogP contribution in [0.15, 0.2) is 30.3 Å². The third-order valence-electron chi connectivity index (χ3n) is 9.42. The summed E-state index contributed by atoms with van der Waals surface area (Å²) in [5.74, 6) is 0.434. The third-order valence-corrected chi connectivity index (χ3v) is 9.42. The van der Waals surface area contributed by atoms with Gasteiger partial charge in [-0.3, -0.25) is 0 Å². The number of aryl methyl sites for hydroxylation is 2. The van der Waals surface area contributed by atoms with Crippen LogP contribution in [0.3, 0.4) is 0 Å². The van der Waals surface area contributed by atoms with Crippen LogP contribution in [-0.2, 0) is 12.8 Å². The second kappa shape index (κ2) is 13.9. The SMILES string of the molecule is CCCCCc1ccc(C2CCC(CCc3ccc(C4CCC(CCC)CC4)c(F)c3F)CC2)c(F)c1. The van der Waals surface area contributed by atoms with E-state index in [1.165, 1.54) is 25.7 Å². The molecule has 2 aromatic carbocycles. The van der Waals surface area contributed by atoms with Gasteiger partial charge in [-0.15, -0.1) is 0 Å². The zero-order chi connectivity index (χ0) is 26.2. The first-order valence-corrected chi connectivity index (χ1v) is 15.2. The fourth-order valence-corrected chi connectivity index (χ4v) is 7.04. The molecule has 0 atom stereocenters. The Labute approximate surface area is 223 Å². The smallest absolute Gasteiger partial charge is 0.162 e. The first kappa shape index (κ1) is 28.2. The van der Waals surface area contributed by atoms with Gasteiger partial charge in [-0.2, -0.15) is 0 Å². The molecular weight excluding hydrogens is 465 g/mol. The van der Waals surface area contributed by atoms with Crippen molar-refractivity contribution in [2.45, 2.75) is 128 Å². The van der Waals surface area contributed by atoms with Gasteiger partial charge in [0.15, 0.2) is 11.6 Å². The maximum Gasteiger partial charge on any atom is 0.162 e. The van der Waals surface area contributed by atoms with E-state index in [2.05, 4.69) is 19.9 Å². The molecule has 204 valence electrons. The molecule has 2 aliphatic rings. The van der Waals surface area contributed by atoms with Crippen molar-refractivity contribution in [3.63, 3.8) is 0 Å². The van der Waals surface area contributed by atoms with E-state index in [-0.39, 0.29) is 17.7 Å². The van der Waals surface area contributed by atoms with Gasteiger partial charge >= 0.3 is 0 Å². The Morgan fingerprint density at radius 1 is 0.622 bits per heavy atom. The highest BCUT2D eigenvalue weighted by atomic mass is 19.2. The second-order valence-electron chi connectivity index (χ2n) is 12.0. The van der Waals surface area contributed by atoms with Gasteiger partial charge in [0, 0.05) is 0 Å². The van der Waals surface area contributed by atoms with Gasteiger partial charge in [-0.05, 0) is 129 Å². The third kappa shape index (κ3) is 7.42. The molecule has 0 spiro atoms. The highest BCUT2D eigenvalue weighted by molar-refractivity contribution is 5.30. The Hall–Kier alpha value is -1.77. The molecule has 0 amide bonds. The standard InChI is InChI=1S/C34H47F3/c1-3-5-6-8-26-14-21-30(32(35)23-26)27-15-11-25(12-16-27)13-19-29-20-22-31(34(37)33(29)36)28-17-9-24(7-4-2)10-18-28/h14,20-25,27-28H,3-13,15-19H2,1-2H3. The predicted octanol–water partition coefficient (Wildman–Crippen LogP) is 10.8. The summed E-state index contributed by atoms with van der Waals surface area (Å²) in [4.78, 5) is 0. The summed E-state index contributed by atoms with van der Waals surface area (Å²) >= 11 is 0. The fourth-order valence-electron chi connectivity index (χ4n) is 7.04. The Bertz CT molecular complexity index is 981. The first-order valence-electron chi connectivity index (χ1n) is 15.2. The highest BCUT2D eigenvalue weighted by Crippen LogP contribution is 2.41. The lowest BCUT2D eigenvalue weighted by Crippen LogP contribution is -2.16. The molecule has 0 bridgehead atoms. The number of benzene rings is 2. The molecule has 4 rings (SSSR count). The van der Waals surface area contributed by atoms with Gasteiger partial charge in [0.1, 0.15) is 5.82 Å². The van der Waals surface area contributed by atoms with Crippen LogP contribution in [-0.4, -0.2) is 0 Å². The predicted molar refractivity (Wildman–Crippen MR) is 149 cm³/mol. The number of hydrogen-bond acceptors (Lipinski definition) is 0. The van der Waals surface area contributed by atoms with E-state index >= 15 is 8.78 Å². The van der Waals surface area contributed by atoms with Crippen molar-refractivity contribution >= 4 is 0 Å². The molecule has 0 nitrogen and oxygen atoms in total. The molecule has 0 radical (unpaired) electrons. The first-order chi connectivity index (χ1) is 18.0. The Balaban J connectivity index is 1.26. The molecular formula is C34H47F3. The largest absolute Gasteiger partial charge is 0.207 e. The zero-order valence-corrected chi connectivity index (χ0v) is 23.1. The molecule has 2 fully saturated rings. The molecule has 3 heteroatoms. The maximum atomic E-state index is 15.0. The summed E-state index contributed by atoms with van der Waals surface area (Å²) in [5.41, 5.74) is 3.08. The highest BCUT2D eigenvalue weighted by Gasteiger charge is 2.27. The molecule has 0 aromatic heterocycles. The number of rotatable bonds is 11. The summed E-state index contributed by atoms with van der Waals surface area (Å²) in [5, 5.41) is 0. The van der Waals surface area contributed by atoms with Crippen LogP contribution >= 0.6 is 0 Å². The Kier molecular flexibility index (Phi) is 10.6. The van der Waals surface area contributed by atoms with Gasteiger partial charge in [0.05, 0.1) is 0 Å². The molecule has 2 aliphatic carbocycles. The zero-order valence-electron chi connectivity index (χ0n) is 23.1. The normalized spacial score (nSPS) is 24.4. The monoisotopic (exact) mass is 512 g/mol. The molecule has 37 heavy (non-hydrogen) atoms. The van der Waals surface area contributed by atoms with E-state index in [4.69, 9.17) is 0 Å². The molecule has 2 aromatic rings. The maximum absolute atomic E-state index is 15.0. The lowest BCUT2D eigenvalue weighted by Gasteiger charge is -2.30. The summed E-state index contributed by atoms with van der Waals surface area (Å²) in [6, 6.07) is 9.57. The Morgan fingerprint density at radius 3 is 1.86 bits per heavy atom. The second-order valence-corrected chi connectivity index (χ2v) is 12.0. The van der Waals surface area contributed by atoms with Crippen LogP contribution in [0.5, 0.6) is 0 Å². The van der Waals surface area contributed by atoms with Crippen LogP contribution in [0.25, 0.3) is 0 Å². The van der Waals surface area contributed by atoms with E-state index in [1.54, 1.807) is 6.07 Å². The molecule has 0 N–H and O–H groups in total. The lowest BCUT2D eigenvalue weighted by molar-refractivity contribution is 0.301. The summed E-state index contributed by atoms with van der Waals surface area (Å²) < 4.78 is 44.9. The van der Waals surface area contributed by atoms with Crippen LogP contribution in [0.2, 0.25) is 0 Å². The number of unbranched alkanes of at least 4 members (excludes halogenated alkanes) is 2. The van der Waals surface area contributed by atoms with Crippen molar-refractivity contribution in [1.29, 1.82) is 0 Å². The summed E-state index contributed by atoms with van der Waals surface area (Å²) in [7, 11) is 0. The molecule has 0 aliphatic heterocycles. The minimum absolute atomic E-state index is 0.0473. The Morgan fingerprint density at radius 2 is 1.24 bits per heavy atom. The van der Waals surface area contributed by atoms with Gasteiger partial charge in [-0.1, -0.05) is 63.8 Å². The average molecular weight is 513 g/mol. The van der Waals surface area contributed by atoms with Crippen LogP contribution < -0.4 is 0 Å². The van der Waals surface area contributed by atoms with Crippen LogP contribution in [0.1, 0.15) is 138 Å². The quantitative estimate of drug-likeness (QED) is 0.263. The van der Waals surface area contributed by atoms with Crippen molar-refractivity contribution in [1.82, 2.24) is 0 Å². The molecule has 0 heterocycles. The van der Waals surface area contributed by atoms with Gasteiger partial charge in [-0.25, -0.2) is 13.2 Å². The van der Waals surface area contributed by atoms with Crippen molar-refractivity contribution in [2.75, 3.05) is 0 Å². The van der Waals surface area contributed by atoms with Gasteiger partial charge < -0.3 is 0 Å². The van der Waals surface area contributed by atoms with Crippen LogP contribution in [0.4, 0.5) is 13.2 Å². The lowest BCUT2D eigenvalue weighted by atomic mass is 9.76. The van der Waals surface area contributed by atoms with Crippen molar-refractivity contribution in [3.05, 3.63) is 70.0 Å². The van der Waals surface area contributed by atoms with E-state index in [1.807, 2.05) is 18.2 Å². The van der Waals surface area contributed by atoms with Crippen molar-refractivity contribution in [2.24, 2.45) is 11.8 Å². The topological polar surface area (TPSA) is 0 Å². The van der Waals surface area contributed by atoms with E-state index in [9.17, 15) is 4.39 Å². The summed E-state index contributed by atoms with van der Waals surface area (Å²) in [6.45, 7) is 4.41.